The zero-order chi connectivity index (χ0) is 16.9. The molecule has 0 radical (unpaired) electrons. The van der Waals surface area contributed by atoms with E-state index in [9.17, 15) is 0 Å². The van der Waals surface area contributed by atoms with Crippen molar-refractivity contribution in [3.8, 4) is 17.2 Å². The smallest absolute Gasteiger partial charge is 0.182 e. The summed E-state index contributed by atoms with van der Waals surface area (Å²) in [5.74, 6) is 2.20. The van der Waals surface area contributed by atoms with E-state index in [-0.39, 0.29) is 5.41 Å². The van der Waals surface area contributed by atoms with Crippen LogP contribution in [-0.4, -0.2) is 25.3 Å². The summed E-state index contributed by atoms with van der Waals surface area (Å²) in [6, 6.07) is 10.00. The molecule has 1 heterocycles. The summed E-state index contributed by atoms with van der Waals surface area (Å²) < 4.78 is 16.7. The molecule has 23 heavy (non-hydrogen) atoms. The zero-order valence-electron chi connectivity index (χ0n) is 14.6. The van der Waals surface area contributed by atoms with Crippen molar-refractivity contribution in [1.82, 2.24) is 4.98 Å². The largest absolute Gasteiger partial charge is 0.491 e. The van der Waals surface area contributed by atoms with E-state index in [1.54, 1.807) is 19.4 Å². The lowest BCUT2D eigenvalue weighted by molar-refractivity contribution is 0.210. The van der Waals surface area contributed by atoms with Crippen LogP contribution in [0.4, 0.5) is 0 Å². The first-order chi connectivity index (χ1) is 10.9. The summed E-state index contributed by atoms with van der Waals surface area (Å²) in [5.41, 5.74) is 2.25. The lowest BCUT2D eigenvalue weighted by Crippen LogP contribution is -2.12. The van der Waals surface area contributed by atoms with Gasteiger partial charge in [0.2, 0.25) is 0 Å². The Balaban J connectivity index is 1.85. The molecule has 4 heteroatoms. The molecule has 0 aliphatic rings. The van der Waals surface area contributed by atoms with Gasteiger partial charge in [-0.15, -0.1) is 0 Å². The number of aromatic nitrogens is 1. The van der Waals surface area contributed by atoms with Crippen LogP contribution in [0, 0.1) is 6.92 Å². The highest BCUT2D eigenvalue weighted by Gasteiger charge is 2.13. The standard InChI is InChI=1S/C19H25NO3/c1-14-18(21-5)17(10-11-20-14)23-13-12-22-16-8-6-15(7-9-16)19(2,3)4/h6-11H,12-13H2,1-5H3. The van der Waals surface area contributed by atoms with Crippen LogP contribution in [0.25, 0.3) is 0 Å². The third-order valence-electron chi connectivity index (χ3n) is 3.58. The van der Waals surface area contributed by atoms with E-state index in [0.717, 1.165) is 11.4 Å². The van der Waals surface area contributed by atoms with Crippen LogP contribution < -0.4 is 14.2 Å². The van der Waals surface area contributed by atoms with Gasteiger partial charge in [-0.25, -0.2) is 0 Å². The molecule has 0 aliphatic carbocycles. The van der Waals surface area contributed by atoms with Crippen LogP contribution in [-0.2, 0) is 5.41 Å². The minimum absolute atomic E-state index is 0.150. The minimum atomic E-state index is 0.150. The molecular formula is C19H25NO3. The summed E-state index contributed by atoms with van der Waals surface area (Å²) in [6.07, 6.45) is 1.71. The lowest BCUT2D eigenvalue weighted by atomic mass is 9.87. The molecule has 124 valence electrons. The van der Waals surface area contributed by atoms with Crippen molar-refractivity contribution in [2.24, 2.45) is 0 Å². The number of hydrogen-bond acceptors (Lipinski definition) is 4. The van der Waals surface area contributed by atoms with Crippen molar-refractivity contribution in [3.63, 3.8) is 0 Å². The lowest BCUT2D eigenvalue weighted by Gasteiger charge is -2.19. The molecule has 0 bridgehead atoms. The third-order valence-corrected chi connectivity index (χ3v) is 3.58. The fourth-order valence-electron chi connectivity index (χ4n) is 2.25. The number of methoxy groups -OCH3 is 1. The van der Waals surface area contributed by atoms with Gasteiger partial charge in [0.1, 0.15) is 19.0 Å². The van der Waals surface area contributed by atoms with Crippen LogP contribution in [0.2, 0.25) is 0 Å². The Labute approximate surface area is 138 Å². The molecule has 2 rings (SSSR count). The van der Waals surface area contributed by atoms with Gasteiger partial charge in [-0.2, -0.15) is 0 Å². The Morgan fingerprint density at radius 3 is 2.22 bits per heavy atom. The van der Waals surface area contributed by atoms with Gasteiger partial charge in [0.25, 0.3) is 0 Å². The molecular weight excluding hydrogens is 290 g/mol. The van der Waals surface area contributed by atoms with Gasteiger partial charge in [0, 0.05) is 12.3 Å². The highest BCUT2D eigenvalue weighted by atomic mass is 16.5. The van der Waals surface area contributed by atoms with E-state index in [1.807, 2.05) is 19.1 Å². The second kappa shape index (κ2) is 7.36. The number of hydrogen-bond donors (Lipinski definition) is 0. The van der Waals surface area contributed by atoms with E-state index in [1.165, 1.54) is 5.56 Å². The third kappa shape index (κ3) is 4.62. The molecule has 2 aromatic rings. The average Bonchev–Trinajstić information content (AvgIpc) is 2.51. The zero-order valence-corrected chi connectivity index (χ0v) is 14.6. The molecule has 1 aromatic heterocycles. The van der Waals surface area contributed by atoms with Crippen molar-refractivity contribution in [2.75, 3.05) is 20.3 Å². The molecule has 0 saturated heterocycles. The fraction of sp³-hybridized carbons (Fsp3) is 0.421. The van der Waals surface area contributed by atoms with E-state index in [0.29, 0.717) is 24.7 Å². The number of pyridine rings is 1. The number of rotatable bonds is 6. The fourth-order valence-corrected chi connectivity index (χ4v) is 2.25. The normalized spacial score (nSPS) is 11.2. The van der Waals surface area contributed by atoms with Gasteiger partial charge < -0.3 is 14.2 Å². The van der Waals surface area contributed by atoms with Crippen molar-refractivity contribution in [3.05, 3.63) is 47.8 Å². The van der Waals surface area contributed by atoms with Gasteiger partial charge in [-0.3, -0.25) is 4.98 Å². The van der Waals surface area contributed by atoms with Crippen LogP contribution in [0.15, 0.2) is 36.5 Å². The van der Waals surface area contributed by atoms with Crippen LogP contribution in [0.1, 0.15) is 32.0 Å². The maximum atomic E-state index is 5.72. The van der Waals surface area contributed by atoms with E-state index < -0.39 is 0 Å². The highest BCUT2D eigenvalue weighted by Crippen LogP contribution is 2.28. The summed E-state index contributed by atoms with van der Waals surface area (Å²) in [6.45, 7) is 9.39. The predicted octanol–water partition coefficient (Wildman–Crippen LogP) is 4.15. The molecule has 0 fully saturated rings. The van der Waals surface area contributed by atoms with Gasteiger partial charge in [-0.1, -0.05) is 32.9 Å². The van der Waals surface area contributed by atoms with Gasteiger partial charge in [0.05, 0.1) is 12.8 Å². The second-order valence-electron chi connectivity index (χ2n) is 6.40. The minimum Gasteiger partial charge on any atom is -0.491 e. The van der Waals surface area contributed by atoms with Crippen molar-refractivity contribution >= 4 is 0 Å². The summed E-state index contributed by atoms with van der Waals surface area (Å²) in [4.78, 5) is 4.18. The van der Waals surface area contributed by atoms with E-state index >= 15 is 0 Å². The molecule has 0 aliphatic heterocycles. The van der Waals surface area contributed by atoms with Crippen LogP contribution >= 0.6 is 0 Å². The topological polar surface area (TPSA) is 40.6 Å². The van der Waals surface area contributed by atoms with Crippen LogP contribution in [0.5, 0.6) is 17.2 Å². The number of nitrogens with zero attached hydrogens (tertiary/aromatic N) is 1. The Bertz CT molecular complexity index is 630. The first-order valence-electron chi connectivity index (χ1n) is 7.77. The SMILES string of the molecule is COc1c(OCCOc2ccc(C(C)(C)C)cc2)ccnc1C. The summed E-state index contributed by atoms with van der Waals surface area (Å²) in [5, 5.41) is 0. The molecule has 0 N–H and O–H groups in total. The van der Waals surface area contributed by atoms with Crippen molar-refractivity contribution < 1.29 is 14.2 Å². The Morgan fingerprint density at radius 2 is 1.61 bits per heavy atom. The average molecular weight is 315 g/mol. The quantitative estimate of drug-likeness (QED) is 0.751. The van der Waals surface area contributed by atoms with Crippen molar-refractivity contribution in [1.29, 1.82) is 0 Å². The maximum absolute atomic E-state index is 5.72. The molecule has 0 unspecified atom stereocenters. The molecule has 4 nitrogen and oxygen atoms in total. The number of ether oxygens (including phenoxy) is 3. The molecule has 0 atom stereocenters. The number of benzene rings is 1. The first-order valence-corrected chi connectivity index (χ1v) is 7.77. The summed E-state index contributed by atoms with van der Waals surface area (Å²) >= 11 is 0. The van der Waals surface area contributed by atoms with Gasteiger partial charge >= 0.3 is 0 Å². The van der Waals surface area contributed by atoms with Gasteiger partial charge in [-0.05, 0) is 30.0 Å². The Hall–Kier alpha value is -2.23. The predicted molar refractivity (Wildman–Crippen MR) is 91.7 cm³/mol. The van der Waals surface area contributed by atoms with Crippen LogP contribution in [0.3, 0.4) is 0 Å². The Kier molecular flexibility index (Phi) is 5.48. The first kappa shape index (κ1) is 17.1. The molecule has 0 saturated carbocycles. The Morgan fingerprint density at radius 1 is 0.957 bits per heavy atom. The van der Waals surface area contributed by atoms with E-state index in [2.05, 4.69) is 37.9 Å². The van der Waals surface area contributed by atoms with Gasteiger partial charge in [0.15, 0.2) is 11.5 Å². The van der Waals surface area contributed by atoms with Crippen molar-refractivity contribution in [2.45, 2.75) is 33.1 Å². The second-order valence-corrected chi connectivity index (χ2v) is 6.40. The number of aryl methyl sites for hydroxylation is 1. The molecule has 0 spiro atoms. The maximum Gasteiger partial charge on any atom is 0.182 e. The molecule has 1 aromatic carbocycles. The highest BCUT2D eigenvalue weighted by molar-refractivity contribution is 5.41. The van der Waals surface area contributed by atoms with E-state index in [4.69, 9.17) is 14.2 Å². The molecule has 0 amide bonds. The monoisotopic (exact) mass is 315 g/mol. The summed E-state index contributed by atoms with van der Waals surface area (Å²) in [7, 11) is 1.62.